The Kier molecular flexibility index (Phi) is 5.53. The van der Waals surface area contributed by atoms with Crippen molar-refractivity contribution in [1.29, 1.82) is 0 Å². The van der Waals surface area contributed by atoms with Gasteiger partial charge in [-0.05, 0) is 38.1 Å². The Morgan fingerprint density at radius 3 is 2.81 bits per heavy atom. The highest BCUT2D eigenvalue weighted by Crippen LogP contribution is 2.30. The van der Waals surface area contributed by atoms with E-state index < -0.39 is 5.25 Å². The van der Waals surface area contributed by atoms with E-state index in [-0.39, 0.29) is 5.91 Å². The Labute approximate surface area is 159 Å². The minimum Gasteiger partial charge on any atom is -0.495 e. The maximum atomic E-state index is 12.4. The van der Waals surface area contributed by atoms with Crippen LogP contribution in [0, 0.1) is 6.92 Å². The number of nitrogens with one attached hydrogen (secondary N) is 1. The molecule has 1 atom stereocenters. The number of benzene rings is 1. The van der Waals surface area contributed by atoms with Crippen molar-refractivity contribution in [2.75, 3.05) is 12.4 Å². The fourth-order valence-electron chi connectivity index (χ4n) is 2.17. The van der Waals surface area contributed by atoms with Gasteiger partial charge in [-0.3, -0.25) is 4.79 Å². The second-order valence-corrected chi connectivity index (χ2v) is 7.06. The van der Waals surface area contributed by atoms with Crippen molar-refractivity contribution in [2.24, 2.45) is 0 Å². The molecule has 3 rings (SSSR count). The third-order valence-corrected chi connectivity index (χ3v) is 4.79. The van der Waals surface area contributed by atoms with Gasteiger partial charge in [-0.2, -0.15) is 0 Å². The van der Waals surface area contributed by atoms with Crippen LogP contribution >= 0.6 is 23.4 Å². The average molecular weight is 394 g/mol. The molecule has 0 radical (unpaired) electrons. The minimum atomic E-state index is -0.449. The molecule has 9 heteroatoms. The van der Waals surface area contributed by atoms with Gasteiger partial charge in [-0.1, -0.05) is 23.4 Å². The van der Waals surface area contributed by atoms with Crippen molar-refractivity contribution in [1.82, 2.24) is 10.2 Å². The number of furan rings is 1. The van der Waals surface area contributed by atoms with Crippen molar-refractivity contribution in [2.45, 2.75) is 24.3 Å². The topological polar surface area (TPSA) is 90.4 Å². The maximum Gasteiger partial charge on any atom is 0.277 e. The summed E-state index contributed by atoms with van der Waals surface area (Å²) in [6.45, 7) is 3.56. The van der Waals surface area contributed by atoms with Crippen LogP contribution in [0.4, 0.5) is 5.69 Å². The highest BCUT2D eigenvalue weighted by Gasteiger charge is 2.20. The summed E-state index contributed by atoms with van der Waals surface area (Å²) in [5, 5.41) is 11.0. The number of hydrogen-bond acceptors (Lipinski definition) is 7. The Balaban J connectivity index is 1.63. The first-order valence-electron chi connectivity index (χ1n) is 7.67. The molecule has 1 N–H and O–H groups in total. The van der Waals surface area contributed by atoms with Crippen LogP contribution in [-0.2, 0) is 4.79 Å². The van der Waals surface area contributed by atoms with Gasteiger partial charge in [-0.15, -0.1) is 10.2 Å². The third kappa shape index (κ3) is 4.03. The van der Waals surface area contributed by atoms with Gasteiger partial charge in [0.15, 0.2) is 0 Å². The molecule has 0 fully saturated rings. The average Bonchev–Trinajstić information content (AvgIpc) is 3.23. The lowest BCUT2D eigenvalue weighted by Crippen LogP contribution is -2.22. The van der Waals surface area contributed by atoms with E-state index in [1.165, 1.54) is 18.9 Å². The SMILES string of the molecule is COc1ccc(NC(=O)C(C)Sc2nnc(-c3ccoc3C)o2)cc1Cl. The third-order valence-electron chi connectivity index (χ3n) is 3.56. The lowest BCUT2D eigenvalue weighted by molar-refractivity contribution is -0.115. The number of anilines is 1. The van der Waals surface area contributed by atoms with E-state index in [9.17, 15) is 4.79 Å². The fourth-order valence-corrected chi connectivity index (χ4v) is 3.11. The first-order valence-corrected chi connectivity index (χ1v) is 8.92. The lowest BCUT2D eigenvalue weighted by Gasteiger charge is -2.11. The van der Waals surface area contributed by atoms with Crippen LogP contribution in [0.5, 0.6) is 5.75 Å². The summed E-state index contributed by atoms with van der Waals surface area (Å²) in [6, 6.07) is 6.78. The van der Waals surface area contributed by atoms with Crippen molar-refractivity contribution in [3.8, 4) is 17.2 Å². The van der Waals surface area contributed by atoms with E-state index in [4.69, 9.17) is 25.2 Å². The Morgan fingerprint density at radius 2 is 2.15 bits per heavy atom. The summed E-state index contributed by atoms with van der Waals surface area (Å²) >= 11 is 7.23. The zero-order valence-electron chi connectivity index (χ0n) is 14.3. The molecule has 2 aromatic heterocycles. The number of methoxy groups -OCH3 is 1. The number of thioether (sulfide) groups is 1. The van der Waals surface area contributed by atoms with Crippen molar-refractivity contribution in [3.05, 3.63) is 41.3 Å². The van der Waals surface area contributed by atoms with Gasteiger partial charge < -0.3 is 18.9 Å². The molecule has 0 aliphatic heterocycles. The first-order chi connectivity index (χ1) is 12.5. The second-order valence-electron chi connectivity index (χ2n) is 5.36. The molecule has 3 aromatic rings. The molecule has 1 unspecified atom stereocenters. The Bertz CT molecular complexity index is 924. The first kappa shape index (κ1) is 18.3. The van der Waals surface area contributed by atoms with Crippen molar-refractivity contribution >= 4 is 35.0 Å². The number of carbonyl (C=O) groups is 1. The molecule has 0 aliphatic carbocycles. The molecule has 0 spiro atoms. The smallest absolute Gasteiger partial charge is 0.277 e. The number of aryl methyl sites for hydroxylation is 1. The number of ether oxygens (including phenoxy) is 1. The molecular weight excluding hydrogens is 378 g/mol. The predicted octanol–water partition coefficient (Wildman–Crippen LogP) is 4.42. The Morgan fingerprint density at radius 1 is 1.35 bits per heavy atom. The van der Waals surface area contributed by atoms with Crippen LogP contribution < -0.4 is 10.1 Å². The number of amides is 1. The minimum absolute atomic E-state index is 0.213. The predicted molar refractivity (Wildman–Crippen MR) is 98.7 cm³/mol. The molecule has 136 valence electrons. The van der Waals surface area contributed by atoms with Crippen LogP contribution in [0.25, 0.3) is 11.5 Å². The summed E-state index contributed by atoms with van der Waals surface area (Å²) in [6.07, 6.45) is 1.55. The summed E-state index contributed by atoms with van der Waals surface area (Å²) in [5.41, 5.74) is 1.31. The van der Waals surface area contributed by atoms with Gasteiger partial charge in [0.1, 0.15) is 11.5 Å². The quantitative estimate of drug-likeness (QED) is 0.620. The van der Waals surface area contributed by atoms with Gasteiger partial charge in [0.05, 0.1) is 29.2 Å². The molecule has 26 heavy (non-hydrogen) atoms. The van der Waals surface area contributed by atoms with Crippen LogP contribution in [0.3, 0.4) is 0 Å². The van der Waals surface area contributed by atoms with E-state index in [0.717, 1.165) is 5.56 Å². The molecule has 0 saturated carbocycles. The normalized spacial score (nSPS) is 12.0. The van der Waals surface area contributed by atoms with Gasteiger partial charge in [-0.25, -0.2) is 0 Å². The fraction of sp³-hybridized carbons (Fsp3) is 0.235. The summed E-state index contributed by atoms with van der Waals surface area (Å²) in [4.78, 5) is 12.4. The van der Waals surface area contributed by atoms with Gasteiger partial charge in [0.2, 0.25) is 5.91 Å². The largest absolute Gasteiger partial charge is 0.495 e. The highest BCUT2D eigenvalue weighted by molar-refractivity contribution is 8.00. The van der Waals surface area contributed by atoms with Gasteiger partial charge in [0, 0.05) is 5.69 Å². The van der Waals surface area contributed by atoms with E-state index in [1.807, 2.05) is 6.92 Å². The molecule has 1 amide bonds. The van der Waals surface area contributed by atoms with Crippen LogP contribution in [-0.4, -0.2) is 28.5 Å². The zero-order chi connectivity index (χ0) is 18.7. The van der Waals surface area contributed by atoms with E-state index in [2.05, 4.69) is 15.5 Å². The highest BCUT2D eigenvalue weighted by atomic mass is 35.5. The number of nitrogens with zero attached hydrogens (tertiary/aromatic N) is 2. The van der Waals surface area contributed by atoms with Crippen molar-refractivity contribution < 1.29 is 18.4 Å². The summed E-state index contributed by atoms with van der Waals surface area (Å²) < 4.78 is 15.9. The standard InChI is InChI=1S/C17H16ClN3O4S/c1-9-12(6-7-24-9)16-20-21-17(25-16)26-10(2)15(22)19-11-4-5-14(23-3)13(18)8-11/h4-8,10H,1-3H3,(H,19,22). The van der Waals surface area contributed by atoms with E-state index >= 15 is 0 Å². The molecular formula is C17H16ClN3O4S. The summed E-state index contributed by atoms with van der Waals surface area (Å²) in [5.74, 6) is 1.37. The molecule has 0 bridgehead atoms. The van der Waals surface area contributed by atoms with Gasteiger partial charge in [0.25, 0.3) is 11.1 Å². The Hall–Kier alpha value is -2.45. The lowest BCUT2D eigenvalue weighted by atomic mass is 10.3. The second kappa shape index (κ2) is 7.84. The molecule has 0 saturated heterocycles. The molecule has 7 nitrogen and oxygen atoms in total. The van der Waals surface area contributed by atoms with Crippen molar-refractivity contribution in [3.63, 3.8) is 0 Å². The number of aromatic nitrogens is 2. The molecule has 1 aromatic carbocycles. The zero-order valence-corrected chi connectivity index (χ0v) is 15.9. The maximum absolute atomic E-state index is 12.4. The van der Waals surface area contributed by atoms with Gasteiger partial charge >= 0.3 is 0 Å². The number of carbonyl (C=O) groups excluding carboxylic acids is 1. The van der Waals surface area contributed by atoms with E-state index in [0.29, 0.717) is 33.3 Å². The van der Waals surface area contributed by atoms with Crippen LogP contribution in [0.15, 0.2) is 44.6 Å². The van der Waals surface area contributed by atoms with Crippen LogP contribution in [0.2, 0.25) is 5.02 Å². The monoisotopic (exact) mass is 393 g/mol. The number of hydrogen-bond donors (Lipinski definition) is 1. The summed E-state index contributed by atoms with van der Waals surface area (Å²) in [7, 11) is 1.53. The van der Waals surface area contributed by atoms with E-state index in [1.54, 1.807) is 37.5 Å². The molecule has 2 heterocycles. The van der Waals surface area contributed by atoms with Crippen LogP contribution in [0.1, 0.15) is 12.7 Å². The number of rotatable bonds is 6. The molecule has 0 aliphatic rings. The number of halogens is 1.